The molecule has 0 spiro atoms. The first kappa shape index (κ1) is 16.4. The van der Waals surface area contributed by atoms with Crippen LogP contribution in [0.5, 0.6) is 0 Å². The Morgan fingerprint density at radius 2 is 1.87 bits per heavy atom. The number of hydrogen-bond donors (Lipinski definition) is 3. The largest absolute Gasteiger partial charge is 0.386 e. The van der Waals surface area contributed by atoms with E-state index in [0.29, 0.717) is 11.3 Å². The van der Waals surface area contributed by atoms with Gasteiger partial charge in [0.25, 0.3) is 0 Å². The van der Waals surface area contributed by atoms with Gasteiger partial charge < -0.3 is 15.7 Å². The molecule has 23 heavy (non-hydrogen) atoms. The molecule has 2 amide bonds. The average Bonchev–Trinajstić information content (AvgIpc) is 2.53. The summed E-state index contributed by atoms with van der Waals surface area (Å²) in [5, 5.41) is 23.3. The van der Waals surface area contributed by atoms with Gasteiger partial charge >= 0.3 is 6.03 Å². The Kier molecular flexibility index (Phi) is 5.23. The Balaban J connectivity index is 1.95. The molecule has 0 saturated carbocycles. The molecule has 1 atom stereocenters. The minimum absolute atomic E-state index is 0.372. The van der Waals surface area contributed by atoms with Gasteiger partial charge in [-0.15, -0.1) is 0 Å². The quantitative estimate of drug-likeness (QED) is 0.810. The maximum absolute atomic E-state index is 13.5. The number of aliphatic hydroxyl groups is 1. The molecular formula is C16H13F2N3O2. The second kappa shape index (κ2) is 7.33. The number of amides is 2. The smallest absolute Gasteiger partial charge is 0.319 e. The molecule has 3 N–H and O–H groups in total. The van der Waals surface area contributed by atoms with Crippen molar-refractivity contribution < 1.29 is 18.7 Å². The molecule has 2 aromatic rings. The highest BCUT2D eigenvalue weighted by atomic mass is 19.1. The molecule has 2 aromatic carbocycles. The minimum Gasteiger partial charge on any atom is -0.386 e. The van der Waals surface area contributed by atoms with Gasteiger partial charge in [0, 0.05) is 12.2 Å². The zero-order valence-electron chi connectivity index (χ0n) is 11.9. The van der Waals surface area contributed by atoms with E-state index >= 15 is 0 Å². The number of carbonyl (C=O) groups excluding carboxylic acids is 1. The van der Waals surface area contributed by atoms with Gasteiger partial charge in [-0.1, -0.05) is 12.1 Å². The summed E-state index contributed by atoms with van der Waals surface area (Å²) in [5.41, 5.74) is 0.253. The van der Waals surface area contributed by atoms with Gasteiger partial charge in [-0.3, -0.25) is 0 Å². The third-order valence-electron chi connectivity index (χ3n) is 3.04. The molecule has 0 fully saturated rings. The van der Waals surface area contributed by atoms with Crippen LogP contribution in [0.4, 0.5) is 19.3 Å². The summed E-state index contributed by atoms with van der Waals surface area (Å²) in [5.74, 6) is -1.78. The molecule has 0 heterocycles. The number of rotatable bonds is 4. The number of nitrogens with one attached hydrogen (secondary N) is 2. The average molecular weight is 317 g/mol. The lowest BCUT2D eigenvalue weighted by molar-refractivity contribution is 0.166. The van der Waals surface area contributed by atoms with Crippen molar-refractivity contribution in [1.82, 2.24) is 5.32 Å². The molecule has 0 aliphatic heterocycles. The van der Waals surface area contributed by atoms with E-state index in [1.54, 1.807) is 18.2 Å². The lowest BCUT2D eigenvalue weighted by Gasteiger charge is -2.14. The van der Waals surface area contributed by atoms with Crippen molar-refractivity contribution in [2.45, 2.75) is 6.10 Å². The van der Waals surface area contributed by atoms with Crippen LogP contribution in [0, 0.1) is 23.0 Å². The predicted octanol–water partition coefficient (Wildman–Crippen LogP) is 2.69. The Morgan fingerprint density at radius 3 is 2.52 bits per heavy atom. The number of nitrogens with zero attached hydrogens (tertiary/aromatic N) is 1. The first-order valence-corrected chi connectivity index (χ1v) is 6.68. The van der Waals surface area contributed by atoms with Crippen molar-refractivity contribution in [3.63, 3.8) is 0 Å². The molecule has 0 aliphatic carbocycles. The number of anilines is 1. The summed E-state index contributed by atoms with van der Waals surface area (Å²) >= 11 is 0. The Hall–Kier alpha value is -2.98. The number of aliphatic hydroxyl groups excluding tert-OH is 1. The number of hydrogen-bond acceptors (Lipinski definition) is 3. The molecule has 0 saturated heterocycles. The van der Waals surface area contributed by atoms with Crippen molar-refractivity contribution in [1.29, 1.82) is 5.26 Å². The molecule has 118 valence electrons. The first-order chi connectivity index (χ1) is 11.0. The van der Waals surface area contributed by atoms with Gasteiger partial charge in [-0.25, -0.2) is 13.6 Å². The fraction of sp³-hybridized carbons (Fsp3) is 0.125. The Labute approximate surface area is 131 Å². The van der Waals surface area contributed by atoms with Crippen molar-refractivity contribution in [3.8, 4) is 6.07 Å². The third kappa shape index (κ3) is 4.25. The van der Waals surface area contributed by atoms with Gasteiger partial charge in [0.05, 0.1) is 17.2 Å². The number of nitriles is 1. The number of urea groups is 1. The molecule has 0 aliphatic rings. The Morgan fingerprint density at radius 1 is 1.22 bits per heavy atom. The second-order valence-electron chi connectivity index (χ2n) is 4.68. The first-order valence-electron chi connectivity index (χ1n) is 6.68. The molecule has 0 bridgehead atoms. The van der Waals surface area contributed by atoms with Crippen LogP contribution in [0.15, 0.2) is 42.5 Å². The predicted molar refractivity (Wildman–Crippen MR) is 79.5 cm³/mol. The van der Waals surface area contributed by atoms with Crippen LogP contribution in [-0.2, 0) is 0 Å². The monoisotopic (exact) mass is 317 g/mol. The van der Waals surface area contributed by atoms with E-state index in [2.05, 4.69) is 10.6 Å². The standard InChI is InChI=1S/C16H13F2N3O2/c17-12-5-2-6-13(18)15(12)14(22)9-20-16(23)21-11-4-1-3-10(7-11)8-19/h1-7,14,22H,9H2,(H2,20,21,23). The fourth-order valence-corrected chi connectivity index (χ4v) is 1.96. The van der Waals surface area contributed by atoms with Crippen LogP contribution in [0.3, 0.4) is 0 Å². The van der Waals surface area contributed by atoms with Crippen molar-refractivity contribution in [2.75, 3.05) is 11.9 Å². The molecule has 5 nitrogen and oxygen atoms in total. The van der Waals surface area contributed by atoms with E-state index in [4.69, 9.17) is 5.26 Å². The van der Waals surface area contributed by atoms with Crippen molar-refractivity contribution in [2.24, 2.45) is 0 Å². The van der Waals surface area contributed by atoms with Crippen LogP contribution in [-0.4, -0.2) is 17.7 Å². The van der Waals surface area contributed by atoms with Gasteiger partial charge in [-0.05, 0) is 30.3 Å². The summed E-state index contributed by atoms with van der Waals surface area (Å²) < 4.78 is 27.0. The SMILES string of the molecule is N#Cc1cccc(NC(=O)NCC(O)c2c(F)cccc2F)c1. The second-order valence-corrected chi connectivity index (χ2v) is 4.68. The lowest BCUT2D eigenvalue weighted by atomic mass is 10.1. The Bertz CT molecular complexity index is 739. The molecule has 0 aromatic heterocycles. The maximum atomic E-state index is 13.5. The van der Waals surface area contributed by atoms with E-state index < -0.39 is 29.3 Å². The normalized spacial score (nSPS) is 11.4. The van der Waals surface area contributed by atoms with E-state index in [0.717, 1.165) is 12.1 Å². The summed E-state index contributed by atoms with van der Waals surface area (Å²) in [6, 6.07) is 10.7. The van der Waals surface area contributed by atoms with Gasteiger partial charge in [0.1, 0.15) is 17.7 Å². The molecule has 1 unspecified atom stereocenters. The van der Waals surface area contributed by atoms with Crippen LogP contribution < -0.4 is 10.6 Å². The zero-order valence-corrected chi connectivity index (χ0v) is 11.9. The topological polar surface area (TPSA) is 85.2 Å². The van der Waals surface area contributed by atoms with Gasteiger partial charge in [-0.2, -0.15) is 5.26 Å². The van der Waals surface area contributed by atoms with E-state index in [9.17, 15) is 18.7 Å². The van der Waals surface area contributed by atoms with E-state index in [1.165, 1.54) is 12.1 Å². The van der Waals surface area contributed by atoms with Crippen molar-refractivity contribution in [3.05, 3.63) is 65.2 Å². The number of halogens is 2. The molecule has 2 rings (SSSR count). The number of carbonyl (C=O) groups is 1. The molecule has 7 heteroatoms. The molecule has 0 radical (unpaired) electrons. The maximum Gasteiger partial charge on any atom is 0.319 e. The highest BCUT2D eigenvalue weighted by Gasteiger charge is 2.18. The lowest BCUT2D eigenvalue weighted by Crippen LogP contribution is -2.32. The highest BCUT2D eigenvalue weighted by molar-refractivity contribution is 5.89. The summed E-state index contributed by atoms with van der Waals surface area (Å²) in [6.07, 6.45) is -1.52. The van der Waals surface area contributed by atoms with Gasteiger partial charge in [0.2, 0.25) is 0 Å². The minimum atomic E-state index is -1.52. The summed E-state index contributed by atoms with van der Waals surface area (Å²) in [4.78, 5) is 11.7. The van der Waals surface area contributed by atoms with E-state index in [1.807, 2.05) is 6.07 Å². The fourth-order valence-electron chi connectivity index (χ4n) is 1.96. The zero-order chi connectivity index (χ0) is 16.8. The molecular weight excluding hydrogens is 304 g/mol. The van der Waals surface area contributed by atoms with Crippen LogP contribution >= 0.6 is 0 Å². The van der Waals surface area contributed by atoms with Crippen LogP contribution in [0.25, 0.3) is 0 Å². The highest BCUT2D eigenvalue weighted by Crippen LogP contribution is 2.20. The van der Waals surface area contributed by atoms with Crippen molar-refractivity contribution >= 4 is 11.7 Å². The third-order valence-corrected chi connectivity index (χ3v) is 3.04. The number of benzene rings is 2. The van der Waals surface area contributed by atoms with Crippen LogP contribution in [0.2, 0.25) is 0 Å². The van der Waals surface area contributed by atoms with Gasteiger partial charge in [0.15, 0.2) is 0 Å². The summed E-state index contributed by atoms with van der Waals surface area (Å²) in [6.45, 7) is -0.373. The van der Waals surface area contributed by atoms with Crippen LogP contribution in [0.1, 0.15) is 17.2 Å². The van der Waals surface area contributed by atoms with E-state index in [-0.39, 0.29) is 6.54 Å². The summed E-state index contributed by atoms with van der Waals surface area (Å²) in [7, 11) is 0.